The lowest BCUT2D eigenvalue weighted by Gasteiger charge is -2.10. The van der Waals surface area contributed by atoms with Gasteiger partial charge in [0.05, 0.1) is 0 Å². The van der Waals surface area contributed by atoms with Crippen molar-refractivity contribution in [2.24, 2.45) is 0 Å². The SMILES string of the molecule is c1ccc(-c2ccc(-c3nc(-c4ccc(-c5ccccc5)cc4)nc(-c4cccc5oc6cc7ccc8ccccc8c7cc6c45)n3)cc2)cc1. The molecule has 2 aromatic heterocycles. The molecule has 0 aliphatic rings. The van der Waals surface area contributed by atoms with Crippen LogP contribution in [0, 0.1) is 0 Å². The average molecular weight is 652 g/mol. The van der Waals surface area contributed by atoms with E-state index >= 15 is 0 Å². The monoisotopic (exact) mass is 651 g/mol. The third kappa shape index (κ3) is 5.13. The van der Waals surface area contributed by atoms with Gasteiger partial charge in [0.15, 0.2) is 17.5 Å². The molecule has 238 valence electrons. The summed E-state index contributed by atoms with van der Waals surface area (Å²) in [6, 6.07) is 61.0. The molecule has 0 saturated heterocycles. The maximum Gasteiger partial charge on any atom is 0.164 e. The molecule has 0 unspecified atom stereocenters. The van der Waals surface area contributed by atoms with Gasteiger partial charge >= 0.3 is 0 Å². The topological polar surface area (TPSA) is 51.8 Å². The molecule has 0 amide bonds. The largest absolute Gasteiger partial charge is 0.456 e. The summed E-state index contributed by atoms with van der Waals surface area (Å²) in [5.74, 6) is 1.83. The molecule has 0 spiro atoms. The molecule has 0 atom stereocenters. The number of hydrogen-bond acceptors (Lipinski definition) is 4. The predicted octanol–water partition coefficient (Wildman–Crippen LogP) is 12.4. The number of rotatable bonds is 5. The Hall–Kier alpha value is -6.91. The third-order valence-electron chi connectivity index (χ3n) is 9.74. The Balaban J connectivity index is 1.17. The highest BCUT2D eigenvalue weighted by molar-refractivity contribution is 6.19. The molecule has 0 N–H and O–H groups in total. The maximum atomic E-state index is 6.50. The summed E-state index contributed by atoms with van der Waals surface area (Å²) in [6.45, 7) is 0. The molecule has 2 heterocycles. The molecule has 0 radical (unpaired) electrons. The number of benzene rings is 8. The highest BCUT2D eigenvalue weighted by Crippen LogP contribution is 2.40. The molecule has 0 fully saturated rings. The normalized spacial score (nSPS) is 11.5. The van der Waals surface area contributed by atoms with E-state index in [1.54, 1.807) is 0 Å². The molecule has 4 nitrogen and oxygen atoms in total. The van der Waals surface area contributed by atoms with Crippen molar-refractivity contribution in [1.29, 1.82) is 0 Å². The van der Waals surface area contributed by atoms with E-state index in [0.717, 1.165) is 55.1 Å². The van der Waals surface area contributed by atoms with Crippen LogP contribution in [0.3, 0.4) is 0 Å². The van der Waals surface area contributed by atoms with E-state index in [-0.39, 0.29) is 0 Å². The summed E-state index contributed by atoms with van der Waals surface area (Å²) in [6.07, 6.45) is 0. The quantitative estimate of drug-likeness (QED) is 0.174. The number of fused-ring (bicyclic) bond motifs is 6. The molecule has 10 rings (SSSR count). The smallest absolute Gasteiger partial charge is 0.164 e. The van der Waals surface area contributed by atoms with Crippen LogP contribution in [0.5, 0.6) is 0 Å². The number of hydrogen-bond donors (Lipinski definition) is 0. The predicted molar refractivity (Wildman–Crippen MR) is 209 cm³/mol. The lowest BCUT2D eigenvalue weighted by atomic mass is 9.98. The minimum Gasteiger partial charge on any atom is -0.456 e. The van der Waals surface area contributed by atoms with Crippen LogP contribution in [0.4, 0.5) is 0 Å². The molecule has 0 aliphatic heterocycles. The zero-order valence-electron chi connectivity index (χ0n) is 27.5. The average Bonchev–Trinajstić information content (AvgIpc) is 3.58. The van der Waals surface area contributed by atoms with Gasteiger partial charge in [-0.3, -0.25) is 0 Å². The molecule has 4 heteroatoms. The Morgan fingerprint density at radius 1 is 0.314 bits per heavy atom. The van der Waals surface area contributed by atoms with Crippen LogP contribution in [0.2, 0.25) is 0 Å². The first-order chi connectivity index (χ1) is 25.2. The highest BCUT2D eigenvalue weighted by atomic mass is 16.3. The first kappa shape index (κ1) is 29.0. The van der Waals surface area contributed by atoms with Gasteiger partial charge in [0.2, 0.25) is 0 Å². The van der Waals surface area contributed by atoms with Crippen LogP contribution in [0.25, 0.3) is 99.9 Å². The van der Waals surface area contributed by atoms with Crippen LogP contribution in [-0.2, 0) is 0 Å². The van der Waals surface area contributed by atoms with Crippen molar-refractivity contribution in [2.45, 2.75) is 0 Å². The fourth-order valence-corrected chi connectivity index (χ4v) is 7.15. The Bertz CT molecular complexity index is 2780. The first-order valence-corrected chi connectivity index (χ1v) is 17.1. The van der Waals surface area contributed by atoms with Crippen LogP contribution >= 0.6 is 0 Å². The van der Waals surface area contributed by atoms with Crippen LogP contribution in [-0.4, -0.2) is 15.0 Å². The molecule has 0 saturated carbocycles. The van der Waals surface area contributed by atoms with E-state index in [1.165, 1.54) is 27.3 Å². The van der Waals surface area contributed by atoms with Crippen LogP contribution in [0.15, 0.2) is 180 Å². The summed E-state index contributed by atoms with van der Waals surface area (Å²) in [5, 5.41) is 6.78. The lowest BCUT2D eigenvalue weighted by molar-refractivity contribution is 0.669. The van der Waals surface area contributed by atoms with E-state index in [1.807, 2.05) is 24.3 Å². The van der Waals surface area contributed by atoms with Gasteiger partial charge in [-0.25, -0.2) is 15.0 Å². The van der Waals surface area contributed by atoms with Crippen molar-refractivity contribution in [1.82, 2.24) is 15.0 Å². The van der Waals surface area contributed by atoms with Gasteiger partial charge in [0, 0.05) is 27.5 Å². The third-order valence-corrected chi connectivity index (χ3v) is 9.74. The zero-order valence-corrected chi connectivity index (χ0v) is 27.5. The van der Waals surface area contributed by atoms with Crippen LogP contribution in [0.1, 0.15) is 0 Å². The fraction of sp³-hybridized carbons (Fsp3) is 0. The number of aromatic nitrogens is 3. The van der Waals surface area contributed by atoms with Crippen LogP contribution < -0.4 is 0 Å². The van der Waals surface area contributed by atoms with Crippen molar-refractivity contribution in [3.05, 3.63) is 176 Å². The molecular weight excluding hydrogens is 623 g/mol. The second-order valence-electron chi connectivity index (χ2n) is 12.8. The van der Waals surface area contributed by atoms with Crippen molar-refractivity contribution in [2.75, 3.05) is 0 Å². The Morgan fingerprint density at radius 3 is 1.49 bits per heavy atom. The van der Waals surface area contributed by atoms with Gasteiger partial charge in [-0.1, -0.05) is 158 Å². The Morgan fingerprint density at radius 2 is 0.843 bits per heavy atom. The zero-order chi connectivity index (χ0) is 33.7. The molecular formula is C47H29N3O. The maximum absolute atomic E-state index is 6.50. The van der Waals surface area contributed by atoms with E-state index in [9.17, 15) is 0 Å². The second kappa shape index (κ2) is 11.9. The van der Waals surface area contributed by atoms with E-state index in [4.69, 9.17) is 19.4 Å². The van der Waals surface area contributed by atoms with Crippen molar-refractivity contribution < 1.29 is 4.42 Å². The van der Waals surface area contributed by atoms with E-state index in [0.29, 0.717) is 17.5 Å². The molecule has 0 bridgehead atoms. The van der Waals surface area contributed by atoms with Gasteiger partial charge in [0.1, 0.15) is 11.2 Å². The number of nitrogens with zero attached hydrogens (tertiary/aromatic N) is 3. The summed E-state index contributed by atoms with van der Waals surface area (Å²) < 4.78 is 6.50. The van der Waals surface area contributed by atoms with Crippen molar-refractivity contribution >= 4 is 43.5 Å². The molecule has 8 aromatic carbocycles. The summed E-state index contributed by atoms with van der Waals surface area (Å²) in [5.41, 5.74) is 8.98. The van der Waals surface area contributed by atoms with Gasteiger partial charge < -0.3 is 4.42 Å². The van der Waals surface area contributed by atoms with Gasteiger partial charge in [0.25, 0.3) is 0 Å². The van der Waals surface area contributed by atoms with Gasteiger partial charge in [-0.2, -0.15) is 0 Å². The Kier molecular flexibility index (Phi) is 6.78. The minimum absolute atomic E-state index is 0.598. The minimum atomic E-state index is 0.598. The molecule has 10 aromatic rings. The lowest BCUT2D eigenvalue weighted by Crippen LogP contribution is -2.00. The first-order valence-electron chi connectivity index (χ1n) is 17.1. The molecule has 51 heavy (non-hydrogen) atoms. The van der Waals surface area contributed by atoms with Gasteiger partial charge in [-0.15, -0.1) is 0 Å². The fourth-order valence-electron chi connectivity index (χ4n) is 7.15. The standard InChI is InChI=1S/C47H29N3O/c1-3-10-30(11-4-1)32-18-23-35(24-19-32)45-48-46(36-25-20-33(21-26-36)31-12-5-2-6-13-31)50-47(49-45)39-16-9-17-42-44(39)41-29-40-37(28-43(41)51-42)27-22-34-14-7-8-15-38(34)40/h1-29H. The summed E-state index contributed by atoms with van der Waals surface area (Å²) in [4.78, 5) is 15.4. The summed E-state index contributed by atoms with van der Waals surface area (Å²) >= 11 is 0. The second-order valence-corrected chi connectivity index (χ2v) is 12.8. The van der Waals surface area contributed by atoms with Crippen molar-refractivity contribution in [3.63, 3.8) is 0 Å². The van der Waals surface area contributed by atoms with E-state index in [2.05, 4.69) is 152 Å². The summed E-state index contributed by atoms with van der Waals surface area (Å²) in [7, 11) is 0. The number of furan rings is 1. The highest BCUT2D eigenvalue weighted by Gasteiger charge is 2.19. The van der Waals surface area contributed by atoms with Gasteiger partial charge in [-0.05, 0) is 62.0 Å². The Labute approximate surface area is 294 Å². The molecule has 0 aliphatic carbocycles. The van der Waals surface area contributed by atoms with Crippen molar-refractivity contribution in [3.8, 4) is 56.4 Å². The van der Waals surface area contributed by atoms with E-state index < -0.39 is 0 Å².